The van der Waals surface area contributed by atoms with Gasteiger partial charge < -0.3 is 25.0 Å². The summed E-state index contributed by atoms with van der Waals surface area (Å²) in [6.07, 6.45) is -1.12. The van der Waals surface area contributed by atoms with Crippen molar-refractivity contribution in [3.05, 3.63) is 83.7 Å². The van der Waals surface area contributed by atoms with E-state index in [1.165, 1.54) is 38.5 Å². The molecule has 0 radical (unpaired) electrons. The molecular weight excluding hydrogens is 539 g/mol. The Morgan fingerprint density at radius 3 is 2.08 bits per heavy atom. The fourth-order valence-electron chi connectivity index (χ4n) is 4.20. The molecule has 0 aliphatic heterocycles. The van der Waals surface area contributed by atoms with Gasteiger partial charge in [0.1, 0.15) is 5.82 Å². The van der Waals surface area contributed by atoms with Crippen molar-refractivity contribution in [3.8, 4) is 17.2 Å². The van der Waals surface area contributed by atoms with Gasteiger partial charge in [-0.05, 0) is 54.3 Å². The zero-order chi connectivity index (χ0) is 29.4. The largest absolute Gasteiger partial charge is 0.502 e. The number of amides is 1. The third-order valence-electron chi connectivity index (χ3n) is 6.23. The van der Waals surface area contributed by atoms with Gasteiger partial charge >= 0.3 is 0 Å². The lowest BCUT2D eigenvalue weighted by molar-refractivity contribution is 0.0775. The summed E-state index contributed by atoms with van der Waals surface area (Å²) in [7, 11) is -1.41. The van der Waals surface area contributed by atoms with Crippen LogP contribution in [0.4, 0.5) is 4.39 Å². The summed E-state index contributed by atoms with van der Waals surface area (Å²) in [5, 5.41) is 24.4. The number of rotatable bonds is 13. The molecule has 0 saturated carbocycles. The lowest BCUT2D eigenvalue weighted by Gasteiger charge is -2.31. The third kappa shape index (κ3) is 7.71. The molecule has 40 heavy (non-hydrogen) atoms. The standard InChI is InChI=1S/C29H35FN2O7S/c1-19(2)17-32(40(36,37)23-12-10-22(30)11-13-23)18-25(33)24(14-20-8-6-5-7-9-20)31-29(35)21-15-26(38-3)28(34)27(16-21)39-4/h5-13,15-16,19,24-25,33-34H,14,17-18H2,1-4H3,(H,31,35)/t24-,25+/m0/s1. The number of benzene rings is 3. The summed E-state index contributed by atoms with van der Waals surface area (Å²) in [4.78, 5) is 13.2. The van der Waals surface area contributed by atoms with Crippen molar-refractivity contribution in [2.24, 2.45) is 5.92 Å². The molecule has 0 aliphatic rings. The van der Waals surface area contributed by atoms with Crippen LogP contribution in [-0.2, 0) is 16.4 Å². The van der Waals surface area contributed by atoms with Crippen LogP contribution in [0.1, 0.15) is 29.8 Å². The number of aliphatic hydroxyl groups excluding tert-OH is 1. The maximum atomic E-state index is 13.5. The molecule has 11 heteroatoms. The van der Waals surface area contributed by atoms with E-state index >= 15 is 0 Å². The highest BCUT2D eigenvalue weighted by molar-refractivity contribution is 7.89. The van der Waals surface area contributed by atoms with E-state index in [0.29, 0.717) is 0 Å². The highest BCUT2D eigenvalue weighted by Crippen LogP contribution is 2.37. The number of aliphatic hydroxyl groups is 1. The van der Waals surface area contributed by atoms with Crippen molar-refractivity contribution in [1.82, 2.24) is 9.62 Å². The maximum Gasteiger partial charge on any atom is 0.251 e. The molecule has 1 amide bonds. The number of halogens is 1. The van der Waals surface area contributed by atoms with E-state index < -0.39 is 33.9 Å². The molecule has 3 N–H and O–H groups in total. The normalized spacial score (nSPS) is 13.2. The number of sulfonamides is 1. The second-order valence-electron chi connectivity index (χ2n) is 9.74. The number of nitrogens with one attached hydrogen (secondary N) is 1. The number of hydrogen-bond acceptors (Lipinski definition) is 7. The number of carbonyl (C=O) groups excluding carboxylic acids is 1. The number of ether oxygens (including phenoxy) is 2. The summed E-state index contributed by atoms with van der Waals surface area (Å²) < 4.78 is 51.8. The second kappa shape index (κ2) is 13.6. The van der Waals surface area contributed by atoms with Crippen molar-refractivity contribution in [2.75, 3.05) is 27.3 Å². The molecule has 0 unspecified atom stereocenters. The Bertz CT molecular complexity index is 1360. The van der Waals surface area contributed by atoms with Gasteiger partial charge in [-0.2, -0.15) is 4.31 Å². The zero-order valence-corrected chi connectivity index (χ0v) is 23.7. The fraction of sp³-hybridized carbons (Fsp3) is 0.345. The van der Waals surface area contributed by atoms with E-state index in [9.17, 15) is 27.8 Å². The van der Waals surface area contributed by atoms with E-state index in [2.05, 4.69) is 5.32 Å². The summed E-state index contributed by atoms with van der Waals surface area (Å²) in [5.41, 5.74) is 0.916. The minimum atomic E-state index is -4.08. The lowest BCUT2D eigenvalue weighted by Crippen LogP contribution is -2.51. The van der Waals surface area contributed by atoms with Crippen LogP contribution in [0.2, 0.25) is 0 Å². The first-order valence-corrected chi connectivity index (χ1v) is 14.1. The summed E-state index contributed by atoms with van der Waals surface area (Å²) in [6, 6.07) is 15.4. The number of phenolic OH excluding ortho intramolecular Hbond substituents is 1. The van der Waals surface area contributed by atoms with Crippen LogP contribution in [0.15, 0.2) is 71.6 Å². The molecule has 3 aromatic rings. The molecule has 0 aliphatic carbocycles. The highest BCUT2D eigenvalue weighted by atomic mass is 32.2. The summed E-state index contributed by atoms with van der Waals surface area (Å²) in [5.74, 6) is -1.45. The van der Waals surface area contributed by atoms with Crippen LogP contribution < -0.4 is 14.8 Å². The van der Waals surface area contributed by atoms with E-state index in [-0.39, 0.29) is 53.1 Å². The third-order valence-corrected chi connectivity index (χ3v) is 8.08. The first-order valence-electron chi connectivity index (χ1n) is 12.7. The lowest BCUT2D eigenvalue weighted by atomic mass is 10.00. The van der Waals surface area contributed by atoms with Crippen molar-refractivity contribution < 1.29 is 37.3 Å². The molecular formula is C29H35FN2O7S. The highest BCUT2D eigenvalue weighted by Gasteiger charge is 2.32. The Labute approximate surface area is 234 Å². The molecule has 3 aromatic carbocycles. The van der Waals surface area contributed by atoms with Gasteiger partial charge in [0.25, 0.3) is 5.91 Å². The second-order valence-corrected chi connectivity index (χ2v) is 11.7. The van der Waals surface area contributed by atoms with Gasteiger partial charge in [-0.1, -0.05) is 44.2 Å². The predicted molar refractivity (Wildman–Crippen MR) is 149 cm³/mol. The van der Waals surface area contributed by atoms with Gasteiger partial charge in [-0.25, -0.2) is 12.8 Å². The Morgan fingerprint density at radius 1 is 0.975 bits per heavy atom. The number of aromatic hydroxyl groups is 1. The molecule has 0 heterocycles. The maximum absolute atomic E-state index is 13.5. The molecule has 2 atom stereocenters. The Kier molecular flexibility index (Phi) is 10.5. The van der Waals surface area contributed by atoms with E-state index in [1.54, 1.807) is 0 Å². The van der Waals surface area contributed by atoms with Gasteiger partial charge in [-0.3, -0.25) is 4.79 Å². The fourth-order valence-corrected chi connectivity index (χ4v) is 5.82. The minimum absolute atomic E-state index is 0.0261. The molecule has 9 nitrogen and oxygen atoms in total. The van der Waals surface area contributed by atoms with E-state index in [4.69, 9.17) is 9.47 Å². The van der Waals surface area contributed by atoms with Crippen LogP contribution >= 0.6 is 0 Å². The average molecular weight is 575 g/mol. The molecule has 0 bridgehead atoms. The Morgan fingerprint density at radius 2 is 1.55 bits per heavy atom. The first kappa shape index (κ1) is 30.9. The van der Waals surface area contributed by atoms with Crippen LogP contribution in [0.25, 0.3) is 0 Å². The monoisotopic (exact) mass is 574 g/mol. The molecule has 3 rings (SSSR count). The molecule has 216 valence electrons. The number of nitrogens with zero attached hydrogens (tertiary/aromatic N) is 1. The van der Waals surface area contributed by atoms with Crippen molar-refractivity contribution in [3.63, 3.8) is 0 Å². The molecule has 0 saturated heterocycles. The van der Waals surface area contributed by atoms with E-state index in [0.717, 1.165) is 22.0 Å². The SMILES string of the molecule is COc1cc(C(=O)N[C@@H](Cc2ccccc2)[C@H](O)CN(CC(C)C)S(=O)(=O)c2ccc(F)cc2)cc(OC)c1O. The predicted octanol–water partition coefficient (Wildman–Crippen LogP) is 3.60. The average Bonchev–Trinajstić information content (AvgIpc) is 2.92. The van der Waals surface area contributed by atoms with Crippen molar-refractivity contribution >= 4 is 15.9 Å². The van der Waals surface area contributed by atoms with Crippen LogP contribution in [0.3, 0.4) is 0 Å². The Hall–Kier alpha value is -3.67. The molecule has 0 aromatic heterocycles. The number of hydrogen-bond donors (Lipinski definition) is 3. The van der Waals surface area contributed by atoms with E-state index in [1.807, 2.05) is 44.2 Å². The van der Waals surface area contributed by atoms with Gasteiger partial charge in [0.15, 0.2) is 11.5 Å². The zero-order valence-electron chi connectivity index (χ0n) is 22.9. The van der Waals surface area contributed by atoms with Crippen LogP contribution in [0.5, 0.6) is 17.2 Å². The molecule has 0 fully saturated rings. The Balaban J connectivity index is 1.93. The topological polar surface area (TPSA) is 125 Å². The number of carbonyl (C=O) groups is 1. The number of phenols is 1. The quantitative estimate of drug-likeness (QED) is 0.285. The first-order chi connectivity index (χ1) is 19.0. The van der Waals surface area contributed by atoms with Gasteiger partial charge in [0.05, 0.1) is 31.3 Å². The summed E-state index contributed by atoms with van der Waals surface area (Å²) in [6.45, 7) is 3.45. The number of methoxy groups -OCH3 is 2. The van der Waals surface area contributed by atoms with Gasteiger partial charge in [0, 0.05) is 18.7 Å². The van der Waals surface area contributed by atoms with Gasteiger partial charge in [0.2, 0.25) is 15.8 Å². The van der Waals surface area contributed by atoms with Crippen molar-refractivity contribution in [1.29, 1.82) is 0 Å². The van der Waals surface area contributed by atoms with Crippen LogP contribution in [0, 0.1) is 11.7 Å². The van der Waals surface area contributed by atoms with Crippen LogP contribution in [-0.4, -0.2) is 68.3 Å². The molecule has 0 spiro atoms. The minimum Gasteiger partial charge on any atom is -0.502 e. The summed E-state index contributed by atoms with van der Waals surface area (Å²) >= 11 is 0. The van der Waals surface area contributed by atoms with Crippen molar-refractivity contribution in [2.45, 2.75) is 37.3 Å². The smallest absolute Gasteiger partial charge is 0.251 e. The van der Waals surface area contributed by atoms with Gasteiger partial charge in [-0.15, -0.1) is 0 Å².